The molecule has 0 fully saturated rings. The van der Waals surface area contributed by atoms with Crippen LogP contribution in [-0.4, -0.2) is 31.2 Å². The van der Waals surface area contributed by atoms with Crippen LogP contribution in [0, 0.1) is 27.7 Å². The molecule has 0 aliphatic rings. The summed E-state index contributed by atoms with van der Waals surface area (Å²) in [4.78, 5) is 13.9. The maximum atomic E-state index is 9.36. The molecule has 0 aliphatic carbocycles. The van der Waals surface area contributed by atoms with Crippen molar-refractivity contribution in [2.24, 2.45) is 0 Å². The summed E-state index contributed by atoms with van der Waals surface area (Å²) in [6, 6.07) is 12.4. The molecule has 0 saturated heterocycles. The van der Waals surface area contributed by atoms with Crippen LogP contribution in [0.2, 0.25) is 0 Å². The zero-order valence-corrected chi connectivity index (χ0v) is 19.1. The first kappa shape index (κ1) is 21.8. The SMILES string of the molecule is Cc1ccc(CCO)c(NCc2ccc3nc(N)n(Cc4nc(C)c(C)nc4C)c3c2)c1. The van der Waals surface area contributed by atoms with Gasteiger partial charge in [-0.1, -0.05) is 18.2 Å². The molecule has 32 heavy (non-hydrogen) atoms. The third kappa shape index (κ3) is 4.43. The summed E-state index contributed by atoms with van der Waals surface area (Å²) in [5.41, 5.74) is 16.2. The number of hydrogen-bond donors (Lipinski definition) is 3. The maximum absolute atomic E-state index is 9.36. The molecule has 4 rings (SSSR count). The smallest absolute Gasteiger partial charge is 0.201 e. The highest BCUT2D eigenvalue weighted by Gasteiger charge is 2.13. The summed E-state index contributed by atoms with van der Waals surface area (Å²) in [7, 11) is 0. The average Bonchev–Trinajstić information content (AvgIpc) is 3.06. The number of nitrogens with two attached hydrogens (primary N) is 1. The van der Waals surface area contributed by atoms with Gasteiger partial charge in [0.05, 0.1) is 40.4 Å². The Kier molecular flexibility index (Phi) is 6.10. The summed E-state index contributed by atoms with van der Waals surface area (Å²) >= 11 is 0. The Morgan fingerprint density at radius 3 is 2.50 bits per heavy atom. The fourth-order valence-electron chi connectivity index (χ4n) is 3.91. The molecular weight excluding hydrogens is 400 g/mol. The highest BCUT2D eigenvalue weighted by Crippen LogP contribution is 2.23. The van der Waals surface area contributed by atoms with E-state index in [0.717, 1.165) is 50.6 Å². The molecule has 4 aromatic rings. The molecule has 7 nitrogen and oxygen atoms in total. The van der Waals surface area contributed by atoms with Gasteiger partial charge >= 0.3 is 0 Å². The molecular formula is C25H30N6O. The lowest BCUT2D eigenvalue weighted by Crippen LogP contribution is -2.10. The highest BCUT2D eigenvalue weighted by atomic mass is 16.2. The number of aliphatic hydroxyl groups is 1. The van der Waals surface area contributed by atoms with E-state index in [1.165, 1.54) is 5.56 Å². The van der Waals surface area contributed by atoms with Crippen molar-refractivity contribution in [1.29, 1.82) is 0 Å². The van der Waals surface area contributed by atoms with Crippen molar-refractivity contribution >= 4 is 22.7 Å². The zero-order valence-electron chi connectivity index (χ0n) is 19.1. The number of hydrogen-bond acceptors (Lipinski definition) is 6. The summed E-state index contributed by atoms with van der Waals surface area (Å²) in [6.07, 6.45) is 0.626. The standard InChI is InChI=1S/C25H30N6O/c1-15-5-7-20(9-10-32)22(11-15)27-13-19-6-8-21-24(12-19)31(25(26)30-21)14-23-18(4)28-16(2)17(3)29-23/h5-8,11-12,27,32H,9-10,13-14H2,1-4H3,(H2,26,30). The molecule has 0 radical (unpaired) electrons. The normalized spacial score (nSPS) is 11.3. The van der Waals surface area contributed by atoms with Gasteiger partial charge in [-0.05, 0) is 69.0 Å². The molecule has 0 bridgehead atoms. The van der Waals surface area contributed by atoms with Crippen molar-refractivity contribution in [2.75, 3.05) is 17.7 Å². The third-order valence-electron chi connectivity index (χ3n) is 5.86. The van der Waals surface area contributed by atoms with Crippen molar-refractivity contribution in [1.82, 2.24) is 19.5 Å². The van der Waals surface area contributed by atoms with Crippen LogP contribution in [0.3, 0.4) is 0 Å². The predicted octanol–water partition coefficient (Wildman–Crippen LogP) is 3.84. The Balaban J connectivity index is 1.62. The molecule has 7 heteroatoms. The molecule has 2 aromatic carbocycles. The number of nitrogens with one attached hydrogen (secondary N) is 1. The Morgan fingerprint density at radius 1 is 0.938 bits per heavy atom. The number of aromatic nitrogens is 4. The van der Waals surface area contributed by atoms with E-state index in [1.807, 2.05) is 31.4 Å². The molecule has 4 N–H and O–H groups in total. The number of rotatable bonds is 7. The second-order valence-corrected chi connectivity index (χ2v) is 8.29. The summed E-state index contributed by atoms with van der Waals surface area (Å²) in [5, 5.41) is 12.9. The Labute approximate surface area is 188 Å². The van der Waals surface area contributed by atoms with Crippen molar-refractivity contribution in [2.45, 2.75) is 47.2 Å². The van der Waals surface area contributed by atoms with Crippen LogP contribution in [0.15, 0.2) is 36.4 Å². The lowest BCUT2D eigenvalue weighted by atomic mass is 10.1. The van der Waals surface area contributed by atoms with Crippen LogP contribution < -0.4 is 11.1 Å². The molecule has 2 aromatic heterocycles. The van der Waals surface area contributed by atoms with Crippen LogP contribution in [0.5, 0.6) is 0 Å². The van der Waals surface area contributed by atoms with E-state index in [4.69, 9.17) is 10.7 Å². The maximum Gasteiger partial charge on any atom is 0.201 e. The van der Waals surface area contributed by atoms with Gasteiger partial charge < -0.3 is 20.7 Å². The van der Waals surface area contributed by atoms with Gasteiger partial charge in [0.25, 0.3) is 0 Å². The van der Waals surface area contributed by atoms with Gasteiger partial charge in [-0.3, -0.25) is 9.97 Å². The largest absolute Gasteiger partial charge is 0.396 e. The van der Waals surface area contributed by atoms with E-state index >= 15 is 0 Å². The van der Waals surface area contributed by atoms with Gasteiger partial charge in [-0.15, -0.1) is 0 Å². The number of aliphatic hydroxyl groups excluding tert-OH is 1. The lowest BCUT2D eigenvalue weighted by molar-refractivity contribution is 0.300. The average molecular weight is 431 g/mol. The fourth-order valence-corrected chi connectivity index (χ4v) is 3.91. The summed E-state index contributed by atoms with van der Waals surface area (Å²) in [6.45, 7) is 9.30. The number of anilines is 2. The van der Waals surface area contributed by atoms with Gasteiger partial charge in [0, 0.05) is 18.8 Å². The number of benzene rings is 2. The number of imidazole rings is 1. The minimum atomic E-state index is 0.128. The fraction of sp³-hybridized carbons (Fsp3) is 0.320. The molecule has 2 heterocycles. The van der Waals surface area contributed by atoms with E-state index in [1.54, 1.807) is 0 Å². The molecule has 0 aliphatic heterocycles. The first-order chi connectivity index (χ1) is 15.4. The summed E-state index contributed by atoms with van der Waals surface area (Å²) < 4.78 is 1.99. The minimum absolute atomic E-state index is 0.128. The molecule has 0 saturated carbocycles. The first-order valence-corrected chi connectivity index (χ1v) is 10.9. The second-order valence-electron chi connectivity index (χ2n) is 8.29. The number of nitrogen functional groups attached to an aromatic ring is 1. The minimum Gasteiger partial charge on any atom is -0.396 e. The van der Waals surface area contributed by atoms with E-state index in [9.17, 15) is 5.11 Å². The molecule has 0 spiro atoms. The number of aryl methyl sites for hydroxylation is 4. The quantitative estimate of drug-likeness (QED) is 0.412. The van der Waals surface area contributed by atoms with Gasteiger partial charge in [-0.2, -0.15) is 0 Å². The van der Waals surface area contributed by atoms with E-state index in [0.29, 0.717) is 25.5 Å². The Bertz CT molecular complexity index is 1280. The van der Waals surface area contributed by atoms with Crippen LogP contribution in [0.1, 0.15) is 39.5 Å². The second kappa shape index (κ2) is 8.96. The van der Waals surface area contributed by atoms with Crippen molar-refractivity contribution < 1.29 is 5.11 Å². The molecule has 0 unspecified atom stereocenters. The van der Waals surface area contributed by atoms with Crippen LogP contribution in [-0.2, 0) is 19.5 Å². The van der Waals surface area contributed by atoms with Gasteiger partial charge in [-0.25, -0.2) is 4.98 Å². The monoisotopic (exact) mass is 430 g/mol. The predicted molar refractivity (Wildman–Crippen MR) is 129 cm³/mol. The van der Waals surface area contributed by atoms with Crippen molar-refractivity contribution in [3.8, 4) is 0 Å². The van der Waals surface area contributed by atoms with Gasteiger partial charge in [0.2, 0.25) is 5.95 Å². The zero-order chi connectivity index (χ0) is 22.8. The lowest BCUT2D eigenvalue weighted by Gasteiger charge is -2.13. The Hall–Kier alpha value is -3.45. The molecule has 166 valence electrons. The summed E-state index contributed by atoms with van der Waals surface area (Å²) in [5.74, 6) is 0.466. The first-order valence-electron chi connectivity index (χ1n) is 10.9. The molecule has 0 amide bonds. The molecule has 0 atom stereocenters. The Morgan fingerprint density at radius 2 is 1.72 bits per heavy atom. The van der Waals surface area contributed by atoms with E-state index in [2.05, 4.69) is 52.5 Å². The van der Waals surface area contributed by atoms with E-state index in [-0.39, 0.29) is 6.61 Å². The third-order valence-corrected chi connectivity index (χ3v) is 5.86. The van der Waals surface area contributed by atoms with E-state index < -0.39 is 0 Å². The van der Waals surface area contributed by atoms with Crippen LogP contribution >= 0.6 is 0 Å². The van der Waals surface area contributed by atoms with Crippen LogP contribution in [0.25, 0.3) is 11.0 Å². The van der Waals surface area contributed by atoms with Crippen LogP contribution in [0.4, 0.5) is 11.6 Å². The highest BCUT2D eigenvalue weighted by molar-refractivity contribution is 5.79. The topological polar surface area (TPSA) is 102 Å². The van der Waals surface area contributed by atoms with Crippen molar-refractivity contribution in [3.05, 3.63) is 75.9 Å². The number of nitrogens with zero attached hydrogens (tertiary/aromatic N) is 4. The number of fused-ring (bicyclic) bond motifs is 1. The van der Waals surface area contributed by atoms with Crippen molar-refractivity contribution in [3.63, 3.8) is 0 Å². The van der Waals surface area contributed by atoms with Gasteiger partial charge in [0.1, 0.15) is 0 Å². The van der Waals surface area contributed by atoms with Gasteiger partial charge in [0.15, 0.2) is 0 Å².